The van der Waals surface area contributed by atoms with Crippen LogP contribution in [-0.2, 0) is 6.42 Å². The van der Waals surface area contributed by atoms with Crippen molar-refractivity contribution in [2.45, 2.75) is 26.2 Å². The molecule has 3 heteroatoms. The van der Waals surface area contributed by atoms with Crippen LogP contribution in [0.4, 0.5) is 5.69 Å². The summed E-state index contributed by atoms with van der Waals surface area (Å²) in [6.45, 7) is 6.24. The third kappa shape index (κ3) is 5.29. The van der Waals surface area contributed by atoms with Crippen LogP contribution in [0, 0.1) is 0 Å². The number of carbonyl (C=O) groups is 1. The number of amides is 1. The Labute approximate surface area is 138 Å². The summed E-state index contributed by atoms with van der Waals surface area (Å²) in [5.74, 6) is 0.600. The van der Waals surface area contributed by atoms with E-state index in [4.69, 9.17) is 4.74 Å². The maximum atomic E-state index is 12.2. The van der Waals surface area contributed by atoms with Gasteiger partial charge in [-0.1, -0.05) is 38.1 Å². The minimum atomic E-state index is -0.124. The van der Waals surface area contributed by atoms with Crippen molar-refractivity contribution in [3.63, 3.8) is 0 Å². The van der Waals surface area contributed by atoms with Gasteiger partial charge in [0, 0.05) is 11.3 Å². The summed E-state index contributed by atoms with van der Waals surface area (Å²) in [4.78, 5) is 12.2. The van der Waals surface area contributed by atoms with Gasteiger partial charge in [0.1, 0.15) is 12.4 Å². The van der Waals surface area contributed by atoms with E-state index in [0.29, 0.717) is 12.2 Å². The fraction of sp³-hybridized carbons (Fsp3) is 0.250. The van der Waals surface area contributed by atoms with Gasteiger partial charge in [0.2, 0.25) is 0 Å². The van der Waals surface area contributed by atoms with Crippen LogP contribution in [-0.4, -0.2) is 12.5 Å². The van der Waals surface area contributed by atoms with Crippen molar-refractivity contribution in [1.29, 1.82) is 0 Å². The molecule has 2 rings (SSSR count). The molecule has 2 aromatic carbocycles. The largest absolute Gasteiger partial charge is 0.490 e. The van der Waals surface area contributed by atoms with E-state index in [1.54, 1.807) is 30.3 Å². The Morgan fingerprint density at radius 1 is 1.13 bits per heavy atom. The van der Waals surface area contributed by atoms with Crippen molar-refractivity contribution in [3.05, 3.63) is 72.3 Å². The number of anilines is 1. The molecule has 0 spiro atoms. The van der Waals surface area contributed by atoms with Crippen molar-refractivity contribution in [2.24, 2.45) is 0 Å². The summed E-state index contributed by atoms with van der Waals surface area (Å²) in [7, 11) is 0. The first kappa shape index (κ1) is 16.8. The first-order valence-electron chi connectivity index (χ1n) is 7.97. The molecule has 0 aromatic heterocycles. The maximum Gasteiger partial charge on any atom is 0.255 e. The quantitative estimate of drug-likeness (QED) is 0.708. The van der Waals surface area contributed by atoms with Gasteiger partial charge in [-0.3, -0.25) is 4.79 Å². The van der Waals surface area contributed by atoms with Gasteiger partial charge in [0.05, 0.1) is 0 Å². The van der Waals surface area contributed by atoms with Crippen LogP contribution in [0.3, 0.4) is 0 Å². The van der Waals surface area contributed by atoms with Gasteiger partial charge in [-0.05, 0) is 54.8 Å². The van der Waals surface area contributed by atoms with E-state index in [9.17, 15) is 4.79 Å². The topological polar surface area (TPSA) is 38.3 Å². The third-order valence-electron chi connectivity index (χ3n) is 3.52. The second-order valence-corrected chi connectivity index (χ2v) is 5.38. The lowest BCUT2D eigenvalue weighted by molar-refractivity contribution is 0.102. The van der Waals surface area contributed by atoms with Gasteiger partial charge in [-0.15, -0.1) is 0 Å². The molecule has 0 heterocycles. The Balaban J connectivity index is 1.94. The average molecular weight is 309 g/mol. The van der Waals surface area contributed by atoms with Gasteiger partial charge in [-0.25, -0.2) is 0 Å². The Kier molecular flexibility index (Phi) is 6.42. The predicted molar refractivity (Wildman–Crippen MR) is 95.1 cm³/mol. The summed E-state index contributed by atoms with van der Waals surface area (Å²) >= 11 is 0. The van der Waals surface area contributed by atoms with Gasteiger partial charge in [-0.2, -0.15) is 0 Å². The molecule has 0 aliphatic heterocycles. The van der Waals surface area contributed by atoms with E-state index in [1.807, 2.05) is 12.1 Å². The van der Waals surface area contributed by atoms with Gasteiger partial charge in [0.25, 0.3) is 5.91 Å². The molecule has 0 saturated heterocycles. The average Bonchev–Trinajstić information content (AvgIpc) is 2.59. The third-order valence-corrected chi connectivity index (χ3v) is 3.52. The molecular formula is C20H23NO2. The molecule has 0 fully saturated rings. The van der Waals surface area contributed by atoms with Crippen LogP contribution in [0.15, 0.2) is 61.2 Å². The van der Waals surface area contributed by atoms with Gasteiger partial charge in [0.15, 0.2) is 0 Å². The predicted octanol–water partition coefficient (Wildman–Crippen LogP) is 4.85. The first-order chi connectivity index (χ1) is 11.2. The fourth-order valence-electron chi connectivity index (χ4n) is 2.20. The minimum absolute atomic E-state index is 0.124. The highest BCUT2D eigenvalue weighted by Crippen LogP contribution is 2.15. The zero-order chi connectivity index (χ0) is 16.5. The number of unbranched alkanes of at least 4 members (excludes halogenated alkanes) is 1. The number of hydrogen-bond donors (Lipinski definition) is 1. The molecule has 3 nitrogen and oxygen atoms in total. The lowest BCUT2D eigenvalue weighted by Crippen LogP contribution is -2.11. The highest BCUT2D eigenvalue weighted by Gasteiger charge is 2.06. The van der Waals surface area contributed by atoms with Crippen molar-refractivity contribution in [3.8, 4) is 5.75 Å². The van der Waals surface area contributed by atoms with Gasteiger partial charge < -0.3 is 10.1 Å². The van der Waals surface area contributed by atoms with E-state index in [-0.39, 0.29) is 5.91 Å². The van der Waals surface area contributed by atoms with Crippen LogP contribution in [0.25, 0.3) is 0 Å². The summed E-state index contributed by atoms with van der Waals surface area (Å²) in [6.07, 6.45) is 5.14. The monoisotopic (exact) mass is 309 g/mol. The Bertz CT molecular complexity index is 630. The Morgan fingerprint density at radius 2 is 1.83 bits per heavy atom. The standard InChI is InChI=1S/C20H23NO2/c1-3-5-6-16-7-11-18(12-8-16)21-20(22)17-9-13-19(14-10-17)23-15-4-2/h4,7-14H,2-3,5-6,15H2,1H3,(H,21,22). The minimum Gasteiger partial charge on any atom is -0.490 e. The highest BCUT2D eigenvalue weighted by atomic mass is 16.5. The second-order valence-electron chi connectivity index (χ2n) is 5.38. The molecule has 0 saturated carbocycles. The molecule has 1 N–H and O–H groups in total. The van der Waals surface area contributed by atoms with Crippen molar-refractivity contribution < 1.29 is 9.53 Å². The fourth-order valence-corrected chi connectivity index (χ4v) is 2.20. The number of benzene rings is 2. The summed E-state index contributed by atoms with van der Waals surface area (Å²) in [5, 5.41) is 2.91. The normalized spacial score (nSPS) is 10.1. The highest BCUT2D eigenvalue weighted by molar-refractivity contribution is 6.04. The lowest BCUT2D eigenvalue weighted by atomic mass is 10.1. The van der Waals surface area contributed by atoms with E-state index in [1.165, 1.54) is 18.4 Å². The number of carbonyl (C=O) groups excluding carboxylic acids is 1. The second kappa shape index (κ2) is 8.79. The van der Waals surface area contributed by atoms with Crippen LogP contribution in [0.2, 0.25) is 0 Å². The summed E-state index contributed by atoms with van der Waals surface area (Å²) < 4.78 is 5.40. The zero-order valence-corrected chi connectivity index (χ0v) is 13.5. The molecule has 0 bridgehead atoms. The summed E-state index contributed by atoms with van der Waals surface area (Å²) in [5.41, 5.74) is 2.71. The number of rotatable bonds is 8. The molecule has 0 aliphatic carbocycles. The smallest absolute Gasteiger partial charge is 0.255 e. The molecular weight excluding hydrogens is 286 g/mol. The summed E-state index contributed by atoms with van der Waals surface area (Å²) in [6, 6.07) is 15.1. The molecule has 0 radical (unpaired) electrons. The van der Waals surface area contributed by atoms with Crippen LogP contribution in [0.1, 0.15) is 35.7 Å². The first-order valence-corrected chi connectivity index (χ1v) is 7.97. The van der Waals surface area contributed by atoms with Crippen LogP contribution in [0.5, 0.6) is 5.75 Å². The molecule has 0 unspecified atom stereocenters. The number of hydrogen-bond acceptors (Lipinski definition) is 2. The van der Waals surface area contributed by atoms with E-state index in [0.717, 1.165) is 17.9 Å². The number of nitrogens with one attached hydrogen (secondary N) is 1. The lowest BCUT2D eigenvalue weighted by Gasteiger charge is -2.08. The van der Waals surface area contributed by atoms with E-state index in [2.05, 4.69) is 31.0 Å². The molecule has 1 amide bonds. The van der Waals surface area contributed by atoms with Crippen LogP contribution >= 0.6 is 0 Å². The zero-order valence-electron chi connectivity index (χ0n) is 13.5. The number of aryl methyl sites for hydroxylation is 1. The van der Waals surface area contributed by atoms with Crippen molar-refractivity contribution in [2.75, 3.05) is 11.9 Å². The van der Waals surface area contributed by atoms with E-state index < -0.39 is 0 Å². The van der Waals surface area contributed by atoms with Crippen molar-refractivity contribution >= 4 is 11.6 Å². The number of ether oxygens (including phenoxy) is 1. The Morgan fingerprint density at radius 3 is 2.43 bits per heavy atom. The van der Waals surface area contributed by atoms with E-state index >= 15 is 0 Å². The Hall–Kier alpha value is -2.55. The molecule has 0 aliphatic rings. The maximum absolute atomic E-state index is 12.2. The van der Waals surface area contributed by atoms with Gasteiger partial charge >= 0.3 is 0 Å². The van der Waals surface area contributed by atoms with Crippen molar-refractivity contribution in [1.82, 2.24) is 0 Å². The van der Waals surface area contributed by atoms with Crippen LogP contribution < -0.4 is 10.1 Å². The molecule has 120 valence electrons. The molecule has 23 heavy (non-hydrogen) atoms. The SMILES string of the molecule is C=CCOc1ccc(C(=O)Nc2ccc(CCCC)cc2)cc1. The molecule has 2 aromatic rings. The molecule has 0 atom stereocenters.